The molecule has 0 aliphatic carbocycles. The smallest absolute Gasteiger partial charge is 0.131 e. The summed E-state index contributed by atoms with van der Waals surface area (Å²) in [4.78, 5) is 11.0. The van der Waals surface area contributed by atoms with Crippen LogP contribution >= 0.6 is 11.3 Å². The maximum atomic E-state index is 4.63. The molecule has 0 aliphatic heterocycles. The maximum absolute atomic E-state index is 4.63. The van der Waals surface area contributed by atoms with Crippen LogP contribution in [0.25, 0.3) is 0 Å². The average molecular weight is 276 g/mol. The summed E-state index contributed by atoms with van der Waals surface area (Å²) >= 11 is 1.62. The zero-order valence-electron chi connectivity index (χ0n) is 11.8. The second kappa shape index (κ2) is 5.57. The Bertz CT molecular complexity index is 516. The summed E-state index contributed by atoms with van der Waals surface area (Å²) in [6.45, 7) is 7.15. The number of anilines is 2. The van der Waals surface area contributed by atoms with E-state index in [4.69, 9.17) is 0 Å². The first-order valence-electron chi connectivity index (χ1n) is 6.27. The van der Waals surface area contributed by atoms with E-state index in [0.717, 1.165) is 23.9 Å². The lowest BCUT2D eigenvalue weighted by Gasteiger charge is -2.23. The zero-order valence-corrected chi connectivity index (χ0v) is 12.7. The van der Waals surface area contributed by atoms with Crippen molar-refractivity contribution in [2.24, 2.45) is 0 Å². The van der Waals surface area contributed by atoms with Crippen LogP contribution in [-0.2, 0) is 6.54 Å². The van der Waals surface area contributed by atoms with Crippen LogP contribution in [0.2, 0.25) is 0 Å². The lowest BCUT2D eigenvalue weighted by molar-refractivity contribution is 0.630. The molecule has 2 rings (SSSR count). The fourth-order valence-corrected chi connectivity index (χ4v) is 2.28. The first kappa shape index (κ1) is 13.8. The molecule has 1 N–H and O–H groups in total. The Kier molecular flexibility index (Phi) is 4.04. The van der Waals surface area contributed by atoms with Crippen LogP contribution in [0.4, 0.5) is 11.6 Å². The maximum Gasteiger partial charge on any atom is 0.131 e. The van der Waals surface area contributed by atoms with E-state index in [0.29, 0.717) is 0 Å². The Balaban J connectivity index is 2.09. The molecule has 2 aromatic heterocycles. The van der Waals surface area contributed by atoms with Crippen molar-refractivity contribution in [2.75, 3.05) is 17.3 Å². The molecule has 0 fully saturated rings. The van der Waals surface area contributed by atoms with Gasteiger partial charge in [0.05, 0.1) is 17.7 Å². The summed E-state index contributed by atoms with van der Waals surface area (Å²) in [6.07, 6.45) is 0. The third-order valence-corrected chi connectivity index (χ3v) is 3.15. The molecule has 0 unspecified atom stereocenters. The lowest BCUT2D eigenvalue weighted by Crippen LogP contribution is -2.27. The van der Waals surface area contributed by atoms with Crippen LogP contribution in [-0.4, -0.2) is 22.6 Å². The van der Waals surface area contributed by atoms with Crippen LogP contribution in [0.5, 0.6) is 0 Å². The van der Waals surface area contributed by atoms with E-state index in [1.165, 1.54) is 0 Å². The first-order chi connectivity index (χ1) is 8.94. The molecule has 0 saturated carbocycles. The predicted octanol–water partition coefficient (Wildman–Crippen LogP) is 3.38. The van der Waals surface area contributed by atoms with E-state index in [-0.39, 0.29) is 5.54 Å². The number of nitrogens with zero attached hydrogens (tertiary/aromatic N) is 3. The molecule has 0 bridgehead atoms. The van der Waals surface area contributed by atoms with Crippen molar-refractivity contribution in [1.29, 1.82) is 0 Å². The van der Waals surface area contributed by atoms with Gasteiger partial charge in [0, 0.05) is 18.0 Å². The van der Waals surface area contributed by atoms with Gasteiger partial charge in [-0.3, -0.25) is 0 Å². The van der Waals surface area contributed by atoms with Gasteiger partial charge in [0.1, 0.15) is 11.6 Å². The molecule has 4 nitrogen and oxygen atoms in total. The van der Waals surface area contributed by atoms with Crippen molar-refractivity contribution < 1.29 is 0 Å². The molecule has 2 heterocycles. The molecule has 2 aromatic rings. The van der Waals surface area contributed by atoms with Crippen molar-refractivity contribution in [3.05, 3.63) is 34.8 Å². The van der Waals surface area contributed by atoms with Gasteiger partial charge in [-0.15, -0.1) is 11.3 Å². The largest absolute Gasteiger partial charge is 0.365 e. The minimum Gasteiger partial charge on any atom is -0.365 e. The highest BCUT2D eigenvalue weighted by Gasteiger charge is 2.11. The molecule has 0 atom stereocenters. The van der Waals surface area contributed by atoms with Crippen LogP contribution in [0.3, 0.4) is 0 Å². The van der Waals surface area contributed by atoms with Crippen LogP contribution < -0.4 is 10.2 Å². The van der Waals surface area contributed by atoms with Crippen molar-refractivity contribution in [3.63, 3.8) is 0 Å². The standard InChI is InChI=1S/C14H20N4S/c1-14(2,3)17-12-6-5-7-13(16-12)18(4)8-11-9-19-10-15-11/h5-7,9-10H,8H2,1-4H3,(H,16,17). The van der Waals surface area contributed by atoms with Gasteiger partial charge in [-0.05, 0) is 32.9 Å². The van der Waals surface area contributed by atoms with Crippen LogP contribution in [0.1, 0.15) is 26.5 Å². The van der Waals surface area contributed by atoms with Gasteiger partial charge >= 0.3 is 0 Å². The quantitative estimate of drug-likeness (QED) is 0.929. The molecule has 5 heteroatoms. The number of aromatic nitrogens is 2. The molecule has 0 aromatic carbocycles. The minimum atomic E-state index is 0.0130. The molecular weight excluding hydrogens is 256 g/mol. The van der Waals surface area contributed by atoms with E-state index in [1.54, 1.807) is 11.3 Å². The topological polar surface area (TPSA) is 41.1 Å². The Morgan fingerprint density at radius 3 is 2.74 bits per heavy atom. The van der Waals surface area contributed by atoms with Crippen molar-refractivity contribution in [2.45, 2.75) is 32.9 Å². The van der Waals surface area contributed by atoms with Gasteiger partial charge in [0.2, 0.25) is 0 Å². The zero-order chi connectivity index (χ0) is 13.9. The predicted molar refractivity (Wildman–Crippen MR) is 81.8 cm³/mol. The number of hydrogen-bond donors (Lipinski definition) is 1. The molecule has 0 amide bonds. The Hall–Kier alpha value is -1.62. The van der Waals surface area contributed by atoms with Crippen molar-refractivity contribution in [3.8, 4) is 0 Å². The van der Waals surface area contributed by atoms with E-state index in [9.17, 15) is 0 Å². The number of nitrogens with one attached hydrogen (secondary N) is 1. The van der Waals surface area contributed by atoms with E-state index in [2.05, 4.69) is 46.3 Å². The van der Waals surface area contributed by atoms with Gasteiger partial charge in [0.15, 0.2) is 0 Å². The summed E-state index contributed by atoms with van der Waals surface area (Å²) in [5.74, 6) is 1.84. The number of hydrogen-bond acceptors (Lipinski definition) is 5. The molecule has 0 aliphatic rings. The second-order valence-electron chi connectivity index (χ2n) is 5.59. The number of thiazole rings is 1. The molecule has 19 heavy (non-hydrogen) atoms. The van der Waals surface area contributed by atoms with Crippen LogP contribution in [0, 0.1) is 0 Å². The summed E-state index contributed by atoms with van der Waals surface area (Å²) in [5, 5.41) is 5.45. The highest BCUT2D eigenvalue weighted by atomic mass is 32.1. The highest BCUT2D eigenvalue weighted by Crippen LogP contribution is 2.18. The lowest BCUT2D eigenvalue weighted by atomic mass is 10.1. The summed E-state index contributed by atoms with van der Waals surface area (Å²) < 4.78 is 0. The molecular formula is C14H20N4S. The van der Waals surface area contributed by atoms with Crippen LogP contribution in [0.15, 0.2) is 29.1 Å². The summed E-state index contributed by atoms with van der Waals surface area (Å²) in [5.41, 5.74) is 2.94. The van der Waals surface area contributed by atoms with Gasteiger partial charge in [-0.25, -0.2) is 9.97 Å². The minimum absolute atomic E-state index is 0.0130. The van der Waals surface area contributed by atoms with Gasteiger partial charge < -0.3 is 10.2 Å². The third-order valence-electron chi connectivity index (χ3n) is 2.51. The third kappa shape index (κ3) is 4.21. The Morgan fingerprint density at radius 2 is 2.11 bits per heavy atom. The fourth-order valence-electron chi connectivity index (χ4n) is 1.73. The highest BCUT2D eigenvalue weighted by molar-refractivity contribution is 7.07. The number of rotatable bonds is 4. The SMILES string of the molecule is CN(Cc1cscn1)c1cccc(NC(C)(C)C)n1. The van der Waals surface area contributed by atoms with Gasteiger partial charge in [0.25, 0.3) is 0 Å². The second-order valence-corrected chi connectivity index (χ2v) is 6.31. The normalized spacial score (nSPS) is 11.4. The number of pyridine rings is 1. The molecule has 0 spiro atoms. The molecule has 0 saturated heterocycles. The first-order valence-corrected chi connectivity index (χ1v) is 7.22. The van der Waals surface area contributed by atoms with E-state index < -0.39 is 0 Å². The average Bonchev–Trinajstić information content (AvgIpc) is 2.80. The van der Waals surface area contributed by atoms with Gasteiger partial charge in [-0.2, -0.15) is 0 Å². The monoisotopic (exact) mass is 276 g/mol. The summed E-state index contributed by atoms with van der Waals surface area (Å²) in [7, 11) is 2.03. The Labute approximate surface area is 118 Å². The van der Waals surface area contributed by atoms with Gasteiger partial charge in [-0.1, -0.05) is 6.07 Å². The Morgan fingerprint density at radius 1 is 1.32 bits per heavy atom. The molecule has 0 radical (unpaired) electrons. The molecule has 102 valence electrons. The van der Waals surface area contributed by atoms with Crippen molar-refractivity contribution >= 4 is 23.0 Å². The van der Waals surface area contributed by atoms with Crippen molar-refractivity contribution in [1.82, 2.24) is 9.97 Å². The van der Waals surface area contributed by atoms with E-state index in [1.807, 2.05) is 30.8 Å². The van der Waals surface area contributed by atoms with E-state index >= 15 is 0 Å². The summed E-state index contributed by atoms with van der Waals surface area (Å²) in [6, 6.07) is 6.03. The fraction of sp³-hybridized carbons (Fsp3) is 0.429.